The Morgan fingerprint density at radius 3 is 2.94 bits per heavy atom. The number of nitrogens with one attached hydrogen (secondary N) is 2. The van der Waals surface area contributed by atoms with Crippen LogP contribution in [0.4, 0.5) is 5.95 Å². The summed E-state index contributed by atoms with van der Waals surface area (Å²) >= 11 is 3.55. The number of amides is 1. The van der Waals surface area contributed by atoms with Crippen LogP contribution in [0.15, 0.2) is 45.9 Å². The summed E-state index contributed by atoms with van der Waals surface area (Å²) in [6.07, 6.45) is 7.36. The van der Waals surface area contributed by atoms with Crippen LogP contribution in [0.5, 0.6) is 0 Å². The van der Waals surface area contributed by atoms with E-state index in [9.17, 15) is 4.79 Å². The van der Waals surface area contributed by atoms with Crippen LogP contribution in [0.25, 0.3) is 28.2 Å². The lowest BCUT2D eigenvalue weighted by molar-refractivity contribution is -0.129. The van der Waals surface area contributed by atoms with Crippen molar-refractivity contribution in [3.05, 3.63) is 47.0 Å². The standard InChI is InChI=1S/C25H29BrN8O2/c1-14(12-27)18-10-16(4-5-17(18)22-29-8-9-36-22)34-21-19(20(26)33-34)13-30-24(32-21)31-15-6-7-25(2,11-15)23(35)28-3/h4-5,8-10,13-15H,6-7,11-12,27H2,1-3H3,(H,28,35)(H,30,31,32)/t14-,15-,25-/m1/s1. The number of hydrogen-bond donors (Lipinski definition) is 3. The molecule has 1 aliphatic rings. The summed E-state index contributed by atoms with van der Waals surface area (Å²) in [7, 11) is 1.68. The van der Waals surface area contributed by atoms with Crippen molar-refractivity contribution in [1.82, 2.24) is 30.0 Å². The number of oxazole rings is 1. The maximum Gasteiger partial charge on any atom is 0.226 e. The average Bonchev–Trinajstić information content (AvgIpc) is 3.63. The van der Waals surface area contributed by atoms with Crippen molar-refractivity contribution in [1.29, 1.82) is 0 Å². The molecule has 5 rings (SSSR count). The molecule has 1 aromatic carbocycles. The number of aromatic nitrogens is 5. The number of halogens is 1. The van der Waals surface area contributed by atoms with E-state index in [4.69, 9.17) is 15.1 Å². The number of nitrogens with two attached hydrogens (primary N) is 1. The van der Waals surface area contributed by atoms with E-state index in [1.165, 1.54) is 0 Å². The van der Waals surface area contributed by atoms with Crippen molar-refractivity contribution in [2.75, 3.05) is 18.9 Å². The van der Waals surface area contributed by atoms with Crippen LogP contribution >= 0.6 is 15.9 Å². The SMILES string of the molecule is CNC(=O)[C@]1(C)CC[C@@H](Nc2ncc3c(Br)nn(-c4ccc(-c5ncco5)c([C@H](C)CN)c4)c3n2)C1. The molecule has 3 atom stereocenters. The predicted molar refractivity (Wildman–Crippen MR) is 141 cm³/mol. The van der Waals surface area contributed by atoms with Gasteiger partial charge in [-0.25, -0.2) is 14.6 Å². The van der Waals surface area contributed by atoms with Crippen molar-refractivity contribution in [2.24, 2.45) is 11.1 Å². The number of benzene rings is 1. The summed E-state index contributed by atoms with van der Waals surface area (Å²) in [5.74, 6) is 1.22. The van der Waals surface area contributed by atoms with Crippen LogP contribution in [-0.4, -0.2) is 50.3 Å². The molecule has 0 saturated heterocycles. The lowest BCUT2D eigenvalue weighted by atomic mass is 9.87. The highest BCUT2D eigenvalue weighted by Gasteiger charge is 2.41. The molecule has 0 aliphatic heterocycles. The molecular formula is C25H29BrN8O2. The third-order valence-corrected chi connectivity index (χ3v) is 7.64. The van der Waals surface area contributed by atoms with Gasteiger partial charge in [-0.05, 0) is 71.4 Å². The first kappa shape index (κ1) is 24.4. The summed E-state index contributed by atoms with van der Waals surface area (Å²) in [4.78, 5) is 25.9. The zero-order valence-electron chi connectivity index (χ0n) is 20.5. The number of nitrogens with zero attached hydrogens (tertiary/aromatic N) is 5. The summed E-state index contributed by atoms with van der Waals surface area (Å²) < 4.78 is 8.00. The molecular weight excluding hydrogens is 524 g/mol. The van der Waals surface area contributed by atoms with Gasteiger partial charge in [-0.2, -0.15) is 10.1 Å². The van der Waals surface area contributed by atoms with Crippen molar-refractivity contribution < 1.29 is 9.21 Å². The summed E-state index contributed by atoms with van der Waals surface area (Å²) in [5, 5.41) is 11.7. The molecule has 11 heteroatoms. The van der Waals surface area contributed by atoms with Gasteiger partial charge in [0.1, 0.15) is 10.9 Å². The molecule has 188 valence electrons. The second kappa shape index (κ2) is 9.62. The highest BCUT2D eigenvalue weighted by Crippen LogP contribution is 2.39. The smallest absolute Gasteiger partial charge is 0.226 e. The second-order valence-corrected chi connectivity index (χ2v) is 10.4. The van der Waals surface area contributed by atoms with Gasteiger partial charge in [-0.3, -0.25) is 4.79 Å². The maximum atomic E-state index is 12.3. The monoisotopic (exact) mass is 552 g/mol. The normalized spacial score (nSPS) is 20.5. The number of rotatable bonds is 7. The Balaban J connectivity index is 1.50. The van der Waals surface area contributed by atoms with Gasteiger partial charge in [0.05, 0.1) is 17.3 Å². The lowest BCUT2D eigenvalue weighted by Crippen LogP contribution is -2.35. The van der Waals surface area contributed by atoms with E-state index in [2.05, 4.69) is 54.6 Å². The highest BCUT2D eigenvalue weighted by atomic mass is 79.9. The fourth-order valence-corrected chi connectivity index (χ4v) is 5.38. The Morgan fingerprint density at radius 2 is 2.22 bits per heavy atom. The zero-order valence-corrected chi connectivity index (χ0v) is 22.0. The molecule has 4 N–H and O–H groups in total. The van der Waals surface area contributed by atoms with Gasteiger partial charge in [0.25, 0.3) is 0 Å². The Kier molecular flexibility index (Phi) is 6.52. The summed E-state index contributed by atoms with van der Waals surface area (Å²) in [6.45, 7) is 4.56. The molecule has 3 aromatic heterocycles. The van der Waals surface area contributed by atoms with Gasteiger partial charge < -0.3 is 20.8 Å². The van der Waals surface area contributed by atoms with E-state index >= 15 is 0 Å². The largest absolute Gasteiger partial charge is 0.445 e. The van der Waals surface area contributed by atoms with Gasteiger partial charge >= 0.3 is 0 Å². The Hall–Kier alpha value is -3.31. The molecule has 10 nitrogen and oxygen atoms in total. The topological polar surface area (TPSA) is 137 Å². The number of carbonyl (C=O) groups is 1. The molecule has 1 amide bonds. The van der Waals surface area contributed by atoms with Crippen LogP contribution in [0.3, 0.4) is 0 Å². The third kappa shape index (κ3) is 4.37. The maximum absolute atomic E-state index is 12.3. The van der Waals surface area contributed by atoms with Crippen molar-refractivity contribution in [2.45, 2.75) is 45.1 Å². The minimum Gasteiger partial charge on any atom is -0.445 e. The van der Waals surface area contributed by atoms with Gasteiger partial charge in [0.15, 0.2) is 5.65 Å². The van der Waals surface area contributed by atoms with Gasteiger partial charge in [-0.1, -0.05) is 13.8 Å². The van der Waals surface area contributed by atoms with E-state index in [0.29, 0.717) is 28.6 Å². The molecule has 1 fully saturated rings. The second-order valence-electron chi connectivity index (χ2n) is 9.60. The first-order valence-electron chi connectivity index (χ1n) is 12.0. The van der Waals surface area contributed by atoms with Gasteiger partial charge in [0, 0.05) is 30.3 Å². The lowest BCUT2D eigenvalue weighted by Gasteiger charge is -2.22. The summed E-state index contributed by atoms with van der Waals surface area (Å²) in [6, 6.07) is 6.10. The van der Waals surface area contributed by atoms with Crippen LogP contribution in [0, 0.1) is 5.41 Å². The number of carbonyl (C=O) groups excluding carboxylic acids is 1. The van der Waals surface area contributed by atoms with Gasteiger partial charge in [0.2, 0.25) is 17.7 Å². The summed E-state index contributed by atoms with van der Waals surface area (Å²) in [5.41, 5.74) is 9.06. The molecule has 36 heavy (non-hydrogen) atoms. The molecule has 1 saturated carbocycles. The first-order chi connectivity index (χ1) is 17.3. The van der Waals surface area contributed by atoms with Gasteiger partial charge in [-0.15, -0.1) is 0 Å². The van der Waals surface area contributed by atoms with Crippen molar-refractivity contribution >= 4 is 38.8 Å². The molecule has 0 spiro atoms. The van der Waals surface area contributed by atoms with Crippen LogP contribution in [-0.2, 0) is 4.79 Å². The van der Waals surface area contributed by atoms with Crippen LogP contribution in [0.2, 0.25) is 0 Å². The molecule has 0 bridgehead atoms. The Labute approximate surface area is 217 Å². The number of fused-ring (bicyclic) bond motifs is 1. The first-order valence-corrected chi connectivity index (χ1v) is 12.8. The number of hydrogen-bond acceptors (Lipinski definition) is 8. The highest BCUT2D eigenvalue weighted by molar-refractivity contribution is 9.10. The molecule has 1 aliphatic carbocycles. The molecule has 3 heterocycles. The predicted octanol–water partition coefficient (Wildman–Crippen LogP) is 4.01. The molecule has 0 radical (unpaired) electrons. The fourth-order valence-electron chi connectivity index (χ4n) is 4.94. The van der Waals surface area contributed by atoms with Crippen molar-refractivity contribution in [3.63, 3.8) is 0 Å². The van der Waals surface area contributed by atoms with E-state index in [1.807, 2.05) is 19.1 Å². The minimum atomic E-state index is -0.387. The zero-order chi connectivity index (χ0) is 25.4. The third-order valence-electron chi connectivity index (χ3n) is 7.06. The fraction of sp³-hybridized carbons (Fsp3) is 0.400. The molecule has 4 aromatic rings. The quantitative estimate of drug-likeness (QED) is 0.312. The van der Waals surface area contributed by atoms with Crippen molar-refractivity contribution in [3.8, 4) is 17.1 Å². The van der Waals surface area contributed by atoms with Crippen LogP contribution in [0.1, 0.15) is 44.6 Å². The average molecular weight is 553 g/mol. The van der Waals surface area contributed by atoms with Crippen LogP contribution < -0.4 is 16.4 Å². The Morgan fingerprint density at radius 1 is 1.39 bits per heavy atom. The van der Waals surface area contributed by atoms with E-state index in [0.717, 1.165) is 41.5 Å². The van der Waals surface area contributed by atoms with E-state index < -0.39 is 0 Å². The van der Waals surface area contributed by atoms with E-state index in [1.54, 1.807) is 30.4 Å². The number of anilines is 1. The minimum absolute atomic E-state index is 0.0703. The molecule has 0 unspecified atom stereocenters. The van der Waals surface area contributed by atoms with E-state index in [-0.39, 0.29) is 23.3 Å². The Bertz CT molecular complexity index is 1400.